The van der Waals surface area contributed by atoms with Crippen molar-refractivity contribution in [2.45, 2.75) is 45.7 Å². The number of esters is 1. The van der Waals surface area contributed by atoms with Gasteiger partial charge >= 0.3 is 5.97 Å². The molecule has 1 spiro atoms. The Morgan fingerprint density at radius 3 is 2.62 bits per heavy atom. The minimum absolute atomic E-state index is 0.0650. The fourth-order valence-corrected chi connectivity index (χ4v) is 5.94. The third kappa shape index (κ3) is 3.24. The standard InChI is InChI=1S/C24H24N4O3S/c1-13-11-19-21(14(2)24(9-10-24)15(3)22(19)30)20(13)12-32-23-25-26-27-28(23)17-5-7-18(8-6-17)31-16(4)29/h5-8,11,15H,9-10,12H2,1-4H3/t15-/m1/s1. The summed E-state index contributed by atoms with van der Waals surface area (Å²) in [4.78, 5) is 24.2. The molecule has 0 amide bonds. The fourth-order valence-electron chi connectivity index (χ4n) is 4.93. The van der Waals surface area contributed by atoms with E-state index in [4.69, 9.17) is 4.74 Å². The number of nitrogens with zero attached hydrogens (tertiary/aromatic N) is 4. The average molecular weight is 449 g/mol. The molecule has 8 heteroatoms. The number of ketones is 1. The Morgan fingerprint density at radius 2 is 1.97 bits per heavy atom. The van der Waals surface area contributed by atoms with Crippen molar-refractivity contribution in [2.24, 2.45) is 11.3 Å². The van der Waals surface area contributed by atoms with Crippen molar-refractivity contribution in [2.75, 3.05) is 5.75 Å². The summed E-state index contributed by atoms with van der Waals surface area (Å²) < 4.78 is 6.76. The van der Waals surface area contributed by atoms with Crippen molar-refractivity contribution < 1.29 is 14.3 Å². The van der Waals surface area contributed by atoms with Gasteiger partial charge < -0.3 is 4.74 Å². The lowest BCUT2D eigenvalue weighted by atomic mass is 9.70. The van der Waals surface area contributed by atoms with E-state index in [1.165, 1.54) is 18.1 Å². The first kappa shape index (κ1) is 20.9. The van der Waals surface area contributed by atoms with Gasteiger partial charge in [0.05, 0.1) is 5.69 Å². The molecule has 1 aromatic carbocycles. The molecule has 3 aliphatic carbocycles. The Hall–Kier alpha value is -3.00. The highest BCUT2D eigenvalue weighted by atomic mass is 32.2. The molecule has 1 saturated carbocycles. The van der Waals surface area contributed by atoms with E-state index < -0.39 is 0 Å². The monoisotopic (exact) mass is 448 g/mol. The topological polar surface area (TPSA) is 87.0 Å². The zero-order valence-electron chi connectivity index (χ0n) is 18.5. The van der Waals surface area contributed by atoms with Crippen molar-refractivity contribution in [3.8, 4) is 11.4 Å². The molecule has 1 heterocycles. The molecule has 32 heavy (non-hydrogen) atoms. The highest BCUT2D eigenvalue weighted by molar-refractivity contribution is 7.99. The van der Waals surface area contributed by atoms with Gasteiger partial charge in [-0.2, -0.15) is 4.68 Å². The van der Waals surface area contributed by atoms with E-state index in [2.05, 4.69) is 42.4 Å². The lowest BCUT2D eigenvalue weighted by Crippen LogP contribution is -2.31. The second-order valence-electron chi connectivity index (χ2n) is 8.71. The van der Waals surface area contributed by atoms with Crippen LogP contribution in [0.5, 0.6) is 5.75 Å². The van der Waals surface area contributed by atoms with Gasteiger partial charge in [0.1, 0.15) is 5.75 Å². The van der Waals surface area contributed by atoms with E-state index in [1.54, 1.807) is 28.6 Å². The predicted molar refractivity (Wildman–Crippen MR) is 121 cm³/mol. The Kier molecular flexibility index (Phi) is 4.93. The number of fused-ring (bicyclic) bond motifs is 1. The molecule has 0 aliphatic heterocycles. The number of benzene rings is 1. The summed E-state index contributed by atoms with van der Waals surface area (Å²) in [6.45, 7) is 7.74. The lowest BCUT2D eigenvalue weighted by Gasteiger charge is -2.32. The smallest absolute Gasteiger partial charge is 0.308 e. The van der Waals surface area contributed by atoms with Crippen molar-refractivity contribution in [3.05, 3.63) is 58.2 Å². The molecule has 1 fully saturated rings. The zero-order chi connectivity index (χ0) is 22.6. The summed E-state index contributed by atoms with van der Waals surface area (Å²) in [5.74, 6) is 1.14. The Bertz CT molecular complexity index is 1230. The van der Waals surface area contributed by atoms with Crippen molar-refractivity contribution in [3.63, 3.8) is 0 Å². The molecule has 3 aliphatic rings. The van der Waals surface area contributed by atoms with Gasteiger partial charge in [-0.3, -0.25) is 9.59 Å². The Balaban J connectivity index is 1.38. The molecule has 164 valence electrons. The number of tetrazole rings is 1. The van der Waals surface area contributed by atoms with Crippen LogP contribution in [0.25, 0.3) is 5.69 Å². The molecule has 0 N–H and O–H groups in total. The minimum atomic E-state index is -0.363. The molecule has 0 saturated heterocycles. The number of aromatic nitrogens is 4. The van der Waals surface area contributed by atoms with Crippen molar-refractivity contribution in [1.29, 1.82) is 0 Å². The maximum absolute atomic E-state index is 13.1. The maximum atomic E-state index is 13.1. The summed E-state index contributed by atoms with van der Waals surface area (Å²) in [6.07, 6.45) is 4.26. The summed E-state index contributed by atoms with van der Waals surface area (Å²) in [5.41, 5.74) is 6.58. The third-order valence-electron chi connectivity index (χ3n) is 6.94. The van der Waals surface area contributed by atoms with E-state index >= 15 is 0 Å². The quantitative estimate of drug-likeness (QED) is 0.384. The van der Waals surface area contributed by atoms with Gasteiger partial charge in [0.2, 0.25) is 5.16 Å². The first-order chi connectivity index (χ1) is 15.3. The molecule has 7 nitrogen and oxygen atoms in total. The van der Waals surface area contributed by atoms with Crippen LogP contribution in [-0.4, -0.2) is 37.7 Å². The van der Waals surface area contributed by atoms with Gasteiger partial charge in [0.25, 0.3) is 0 Å². The van der Waals surface area contributed by atoms with Gasteiger partial charge in [-0.15, -0.1) is 5.10 Å². The van der Waals surface area contributed by atoms with Crippen LogP contribution in [-0.2, 0) is 9.59 Å². The van der Waals surface area contributed by atoms with Crippen molar-refractivity contribution >= 4 is 23.5 Å². The number of allylic oxidation sites excluding steroid dienone is 5. The number of rotatable bonds is 5. The molecule has 5 rings (SSSR count). The van der Waals surface area contributed by atoms with Crippen LogP contribution in [0, 0.1) is 11.3 Å². The first-order valence-electron chi connectivity index (χ1n) is 10.7. The zero-order valence-corrected chi connectivity index (χ0v) is 19.3. The number of carbonyl (C=O) groups is 2. The predicted octanol–water partition coefficient (Wildman–Crippen LogP) is 4.25. The number of carbonyl (C=O) groups excluding carboxylic acids is 2. The van der Waals surface area contributed by atoms with E-state index in [1.807, 2.05) is 12.1 Å². The van der Waals surface area contributed by atoms with Gasteiger partial charge in [-0.1, -0.05) is 24.3 Å². The Morgan fingerprint density at radius 1 is 1.25 bits per heavy atom. The average Bonchev–Trinajstić information content (AvgIpc) is 3.32. The van der Waals surface area contributed by atoms with Crippen LogP contribution in [0.1, 0.15) is 40.5 Å². The third-order valence-corrected chi connectivity index (χ3v) is 7.88. The van der Waals surface area contributed by atoms with Gasteiger partial charge in [-0.25, -0.2) is 0 Å². The summed E-state index contributed by atoms with van der Waals surface area (Å²) in [7, 11) is 0. The summed E-state index contributed by atoms with van der Waals surface area (Å²) in [5, 5.41) is 12.8. The van der Waals surface area contributed by atoms with Crippen molar-refractivity contribution in [1.82, 2.24) is 20.2 Å². The number of thioether (sulfide) groups is 1. The van der Waals surface area contributed by atoms with E-state index in [0.717, 1.165) is 35.2 Å². The van der Waals surface area contributed by atoms with E-state index in [9.17, 15) is 9.59 Å². The van der Waals surface area contributed by atoms with Gasteiger partial charge in [0, 0.05) is 29.6 Å². The van der Waals surface area contributed by atoms with Crippen LogP contribution in [0.4, 0.5) is 0 Å². The number of hydrogen-bond donors (Lipinski definition) is 0. The normalized spacial score (nSPS) is 21.2. The highest BCUT2D eigenvalue weighted by Crippen LogP contribution is 2.63. The highest BCUT2D eigenvalue weighted by Gasteiger charge is 2.56. The molecular formula is C24H24N4O3S. The van der Waals surface area contributed by atoms with Crippen LogP contribution >= 0.6 is 11.8 Å². The molecule has 0 bridgehead atoms. The second kappa shape index (κ2) is 7.55. The SMILES string of the molecule is CC(=O)Oc1ccc(-n2nnnc2SCC2=C(C)C=C3C(=O)[C@@H](C)C4(CC4)C(C)=C32)cc1. The maximum Gasteiger partial charge on any atom is 0.308 e. The largest absolute Gasteiger partial charge is 0.427 e. The summed E-state index contributed by atoms with van der Waals surface area (Å²) >= 11 is 1.55. The number of ether oxygens (including phenoxy) is 1. The number of hydrogen-bond acceptors (Lipinski definition) is 7. The molecule has 2 aromatic rings. The first-order valence-corrected chi connectivity index (χ1v) is 11.7. The minimum Gasteiger partial charge on any atom is -0.427 e. The Labute approximate surface area is 190 Å². The molecule has 1 atom stereocenters. The van der Waals surface area contributed by atoms with E-state index in [-0.39, 0.29) is 23.1 Å². The molecule has 0 radical (unpaired) electrons. The van der Waals surface area contributed by atoms with Crippen LogP contribution in [0.15, 0.2) is 63.4 Å². The van der Waals surface area contributed by atoms with E-state index in [0.29, 0.717) is 16.7 Å². The van der Waals surface area contributed by atoms with Crippen LogP contribution in [0.2, 0.25) is 0 Å². The van der Waals surface area contributed by atoms with Gasteiger partial charge in [-0.05, 0) is 84.2 Å². The second-order valence-corrected chi connectivity index (χ2v) is 9.65. The molecule has 0 unspecified atom stereocenters. The lowest BCUT2D eigenvalue weighted by molar-refractivity contribution is -0.131. The summed E-state index contributed by atoms with van der Waals surface area (Å²) in [6, 6.07) is 7.04. The fraction of sp³-hybridized carbons (Fsp3) is 0.375. The van der Waals surface area contributed by atoms with Crippen LogP contribution < -0.4 is 4.74 Å². The molecular weight excluding hydrogens is 424 g/mol. The number of Topliss-reactive ketones (excluding diaryl/α,β-unsaturated/α-hetero) is 1. The van der Waals surface area contributed by atoms with Crippen LogP contribution in [0.3, 0.4) is 0 Å². The molecule has 1 aromatic heterocycles. The van der Waals surface area contributed by atoms with Gasteiger partial charge in [0.15, 0.2) is 5.78 Å².